The molecule has 0 aromatic heterocycles. The van der Waals surface area contributed by atoms with Gasteiger partial charge in [-0.25, -0.2) is 4.39 Å². The van der Waals surface area contributed by atoms with Crippen molar-refractivity contribution >= 4 is 0 Å². The van der Waals surface area contributed by atoms with Crippen LogP contribution in [0.2, 0.25) is 0 Å². The number of aliphatic hydroxyl groups excluding tert-OH is 2. The van der Waals surface area contributed by atoms with Gasteiger partial charge in [0, 0.05) is 5.56 Å². The SMILES string of the molecule is CCC(CC)C(O)C(O)c1cc(C)ccc1F. The second-order valence-electron chi connectivity index (χ2n) is 4.54. The van der Waals surface area contributed by atoms with Crippen molar-refractivity contribution < 1.29 is 14.6 Å². The monoisotopic (exact) mass is 240 g/mol. The van der Waals surface area contributed by atoms with Gasteiger partial charge in [-0.1, -0.05) is 44.4 Å². The van der Waals surface area contributed by atoms with E-state index in [0.29, 0.717) is 0 Å². The molecule has 1 rings (SSSR count). The van der Waals surface area contributed by atoms with Crippen molar-refractivity contribution in [3.8, 4) is 0 Å². The van der Waals surface area contributed by atoms with Crippen LogP contribution in [0.5, 0.6) is 0 Å². The molecule has 0 aliphatic heterocycles. The molecule has 0 aliphatic rings. The molecule has 1 aromatic carbocycles. The van der Waals surface area contributed by atoms with Crippen molar-refractivity contribution in [2.75, 3.05) is 0 Å². The summed E-state index contributed by atoms with van der Waals surface area (Å²) >= 11 is 0. The summed E-state index contributed by atoms with van der Waals surface area (Å²) in [6, 6.07) is 4.56. The largest absolute Gasteiger partial charge is 0.390 e. The van der Waals surface area contributed by atoms with E-state index in [1.165, 1.54) is 6.07 Å². The molecule has 0 amide bonds. The smallest absolute Gasteiger partial charge is 0.129 e. The topological polar surface area (TPSA) is 40.5 Å². The zero-order chi connectivity index (χ0) is 13.0. The first kappa shape index (κ1) is 14.1. The fourth-order valence-corrected chi connectivity index (χ4v) is 2.10. The van der Waals surface area contributed by atoms with Gasteiger partial charge in [-0.2, -0.15) is 0 Å². The van der Waals surface area contributed by atoms with E-state index in [2.05, 4.69) is 0 Å². The van der Waals surface area contributed by atoms with E-state index in [1.54, 1.807) is 12.1 Å². The lowest BCUT2D eigenvalue weighted by Gasteiger charge is -2.25. The summed E-state index contributed by atoms with van der Waals surface area (Å²) in [6.45, 7) is 5.74. The van der Waals surface area contributed by atoms with Gasteiger partial charge in [0.25, 0.3) is 0 Å². The third-order valence-electron chi connectivity index (χ3n) is 3.33. The van der Waals surface area contributed by atoms with E-state index in [1.807, 2.05) is 20.8 Å². The minimum Gasteiger partial charge on any atom is -0.390 e. The van der Waals surface area contributed by atoms with Crippen LogP contribution in [0.15, 0.2) is 18.2 Å². The van der Waals surface area contributed by atoms with Gasteiger partial charge >= 0.3 is 0 Å². The van der Waals surface area contributed by atoms with Crippen LogP contribution >= 0.6 is 0 Å². The average Bonchev–Trinajstić information content (AvgIpc) is 2.32. The second-order valence-corrected chi connectivity index (χ2v) is 4.54. The number of halogens is 1. The van der Waals surface area contributed by atoms with E-state index in [9.17, 15) is 14.6 Å². The first-order valence-electron chi connectivity index (χ1n) is 6.13. The van der Waals surface area contributed by atoms with Gasteiger partial charge < -0.3 is 10.2 Å². The molecule has 0 saturated heterocycles. The third-order valence-corrected chi connectivity index (χ3v) is 3.33. The highest BCUT2D eigenvalue weighted by Gasteiger charge is 2.27. The minimum atomic E-state index is -1.15. The van der Waals surface area contributed by atoms with Crippen molar-refractivity contribution in [1.82, 2.24) is 0 Å². The lowest BCUT2D eigenvalue weighted by Crippen LogP contribution is -2.27. The van der Waals surface area contributed by atoms with Gasteiger partial charge in [-0.15, -0.1) is 0 Å². The molecule has 1 aromatic rings. The van der Waals surface area contributed by atoms with Crippen molar-refractivity contribution in [1.29, 1.82) is 0 Å². The molecule has 0 radical (unpaired) electrons. The number of benzene rings is 1. The highest BCUT2D eigenvalue weighted by molar-refractivity contribution is 5.26. The molecular weight excluding hydrogens is 219 g/mol. The quantitative estimate of drug-likeness (QED) is 0.830. The van der Waals surface area contributed by atoms with Crippen molar-refractivity contribution in [2.24, 2.45) is 5.92 Å². The second kappa shape index (κ2) is 6.12. The lowest BCUT2D eigenvalue weighted by atomic mass is 9.89. The molecule has 0 spiro atoms. The van der Waals surface area contributed by atoms with Crippen LogP contribution in [0, 0.1) is 18.7 Å². The molecule has 2 N–H and O–H groups in total. The van der Waals surface area contributed by atoms with E-state index < -0.39 is 18.0 Å². The molecule has 2 nitrogen and oxygen atoms in total. The lowest BCUT2D eigenvalue weighted by molar-refractivity contribution is -0.0226. The number of hydrogen-bond donors (Lipinski definition) is 2. The first-order valence-corrected chi connectivity index (χ1v) is 6.13. The van der Waals surface area contributed by atoms with E-state index in [4.69, 9.17) is 0 Å². The zero-order valence-electron chi connectivity index (χ0n) is 10.7. The van der Waals surface area contributed by atoms with Crippen LogP contribution in [0.1, 0.15) is 43.9 Å². The Morgan fingerprint density at radius 1 is 1.18 bits per heavy atom. The molecule has 0 fully saturated rings. The Morgan fingerprint density at radius 3 is 2.29 bits per heavy atom. The summed E-state index contributed by atoms with van der Waals surface area (Å²) in [7, 11) is 0. The fraction of sp³-hybridized carbons (Fsp3) is 0.571. The molecular formula is C14H21FO2. The summed E-state index contributed by atoms with van der Waals surface area (Å²) in [4.78, 5) is 0. The van der Waals surface area contributed by atoms with E-state index in [0.717, 1.165) is 18.4 Å². The first-order chi connectivity index (χ1) is 8.01. The third kappa shape index (κ3) is 3.27. The zero-order valence-corrected chi connectivity index (χ0v) is 10.7. The van der Waals surface area contributed by atoms with Crippen molar-refractivity contribution in [3.05, 3.63) is 35.1 Å². The maximum Gasteiger partial charge on any atom is 0.129 e. The highest BCUT2D eigenvalue weighted by Crippen LogP contribution is 2.28. The summed E-state index contributed by atoms with van der Waals surface area (Å²) in [5.74, 6) is -0.474. The fourth-order valence-electron chi connectivity index (χ4n) is 2.10. The van der Waals surface area contributed by atoms with Gasteiger partial charge in [-0.3, -0.25) is 0 Å². The normalized spacial score (nSPS) is 15.0. The Morgan fingerprint density at radius 2 is 1.76 bits per heavy atom. The molecule has 0 aliphatic carbocycles. The predicted molar refractivity (Wildman–Crippen MR) is 66.2 cm³/mol. The molecule has 17 heavy (non-hydrogen) atoms. The Kier molecular flexibility index (Phi) is 5.09. The van der Waals surface area contributed by atoms with Gasteiger partial charge in [0.1, 0.15) is 11.9 Å². The maximum atomic E-state index is 13.6. The molecule has 3 heteroatoms. The molecule has 0 heterocycles. The minimum absolute atomic E-state index is 0.00934. The summed E-state index contributed by atoms with van der Waals surface area (Å²) in [5, 5.41) is 20.1. The highest BCUT2D eigenvalue weighted by atomic mass is 19.1. The van der Waals surface area contributed by atoms with Gasteiger partial charge in [-0.05, 0) is 18.9 Å². The summed E-state index contributed by atoms with van der Waals surface area (Å²) in [5.41, 5.74) is 1.06. The number of aryl methyl sites for hydroxylation is 1. The molecule has 2 unspecified atom stereocenters. The van der Waals surface area contributed by atoms with Gasteiger partial charge in [0.2, 0.25) is 0 Å². The molecule has 2 atom stereocenters. The van der Waals surface area contributed by atoms with E-state index in [-0.39, 0.29) is 11.5 Å². The van der Waals surface area contributed by atoms with E-state index >= 15 is 0 Å². The summed E-state index contributed by atoms with van der Waals surface area (Å²) < 4.78 is 13.6. The Labute approximate surface area is 102 Å². The van der Waals surface area contributed by atoms with Gasteiger partial charge in [0.15, 0.2) is 0 Å². The molecule has 0 saturated carbocycles. The van der Waals surface area contributed by atoms with Crippen LogP contribution in [0.3, 0.4) is 0 Å². The van der Waals surface area contributed by atoms with Crippen molar-refractivity contribution in [3.63, 3.8) is 0 Å². The number of hydrogen-bond acceptors (Lipinski definition) is 2. The standard InChI is InChI=1S/C14H21FO2/c1-4-10(5-2)13(16)14(17)11-8-9(3)6-7-12(11)15/h6-8,10,13-14,16-17H,4-5H2,1-3H3. The van der Waals surface area contributed by atoms with Gasteiger partial charge in [0.05, 0.1) is 6.10 Å². The van der Waals surface area contributed by atoms with Crippen LogP contribution in [-0.2, 0) is 0 Å². The summed E-state index contributed by atoms with van der Waals surface area (Å²) in [6.07, 6.45) is -0.536. The Balaban J connectivity index is 2.94. The maximum absolute atomic E-state index is 13.6. The van der Waals surface area contributed by atoms with Crippen LogP contribution in [0.25, 0.3) is 0 Å². The Hall–Kier alpha value is -0.930. The molecule has 0 bridgehead atoms. The van der Waals surface area contributed by atoms with Crippen LogP contribution in [-0.4, -0.2) is 16.3 Å². The Bertz CT molecular complexity index is 361. The van der Waals surface area contributed by atoms with Crippen LogP contribution < -0.4 is 0 Å². The number of rotatable bonds is 5. The number of aliphatic hydroxyl groups is 2. The van der Waals surface area contributed by atoms with Crippen molar-refractivity contribution in [2.45, 2.75) is 45.8 Å². The molecule has 96 valence electrons. The predicted octanol–water partition coefficient (Wildman–Crippen LogP) is 2.96. The average molecular weight is 240 g/mol. The van der Waals surface area contributed by atoms with Crippen LogP contribution in [0.4, 0.5) is 4.39 Å².